The molecule has 2 amide bonds. The van der Waals surface area contributed by atoms with Gasteiger partial charge in [0.1, 0.15) is 56.4 Å². The van der Waals surface area contributed by atoms with Gasteiger partial charge in [-0.2, -0.15) is 9.97 Å². The lowest BCUT2D eigenvalue weighted by atomic mass is 9.90. The maximum atomic E-state index is 13.5. The van der Waals surface area contributed by atoms with Crippen LogP contribution in [-0.4, -0.2) is 108 Å². The number of unbranched alkanes of at least 4 members (excludes halogenated alkanes) is 42. The SMILES string of the molecule is C.CCCCCCCC/C=C/CCCCCCCC(=O)CCC(CC(=O)CCCCCC/C=C/CCCCCCCC)C(=O)Nc1ccn(C2COC(CO)S2)c(=O)n1.CCCCCCCC/C=C/CCCCCCCC(=O)CCC(CCOC(=O)Nc1ccn(C2COC(CO)S2)c(=O)n1)CC(=O)CCCCCC/C=C/CCCCCCCC. The first-order valence-electron chi connectivity index (χ1n) is 48.1. The summed E-state index contributed by atoms with van der Waals surface area (Å²) < 4.78 is 19.2. The number of aliphatic hydroxyl groups is 2. The van der Waals surface area contributed by atoms with Crippen LogP contribution in [0.1, 0.15) is 438 Å². The number of carbonyl (C=O) groups excluding carboxylic acids is 6. The molecule has 4 rings (SSSR count). The number of hydrogen-bond acceptors (Lipinski definition) is 17. The summed E-state index contributed by atoms with van der Waals surface area (Å²) in [5.74, 6) is -0.312. The molecule has 0 spiro atoms. The molecular formula is C99H170N6O13S2. The largest absolute Gasteiger partial charge is 0.449 e. The number of rotatable bonds is 78. The highest BCUT2D eigenvalue weighted by Crippen LogP contribution is 2.36. The molecule has 0 saturated carbocycles. The third-order valence-corrected chi connectivity index (χ3v) is 25.2. The van der Waals surface area contributed by atoms with Gasteiger partial charge < -0.3 is 29.7 Å². The fraction of sp³-hybridized carbons (Fsp3) is 0.778. The van der Waals surface area contributed by atoms with E-state index in [0.717, 1.165) is 122 Å². The van der Waals surface area contributed by atoms with Crippen LogP contribution in [0, 0.1) is 11.8 Å². The van der Waals surface area contributed by atoms with Gasteiger partial charge in [0.2, 0.25) is 5.91 Å². The van der Waals surface area contributed by atoms with Crippen molar-refractivity contribution in [3.63, 3.8) is 0 Å². The Labute approximate surface area is 736 Å². The molecule has 0 bridgehead atoms. The molecule has 6 unspecified atom stereocenters. The molecule has 2 aliphatic heterocycles. The van der Waals surface area contributed by atoms with Gasteiger partial charge in [-0.1, -0.05) is 276 Å². The number of carbonyl (C=O) groups is 6. The highest BCUT2D eigenvalue weighted by atomic mass is 32.2. The average Bonchev–Trinajstić information content (AvgIpc) is 1.62. The number of nitrogens with zero attached hydrogens (tertiary/aromatic N) is 4. The van der Waals surface area contributed by atoms with Crippen LogP contribution in [0.15, 0.2) is 82.7 Å². The van der Waals surface area contributed by atoms with Gasteiger partial charge in [-0.05, 0) is 166 Å². The van der Waals surface area contributed by atoms with Gasteiger partial charge >= 0.3 is 17.5 Å². The van der Waals surface area contributed by atoms with E-state index in [-0.39, 0.29) is 110 Å². The molecule has 0 aromatic carbocycles. The van der Waals surface area contributed by atoms with Gasteiger partial charge in [0.15, 0.2) is 0 Å². The van der Waals surface area contributed by atoms with E-state index in [4.69, 9.17) is 14.2 Å². The first kappa shape index (κ1) is 111. The van der Waals surface area contributed by atoms with Gasteiger partial charge in [0, 0.05) is 69.7 Å². The van der Waals surface area contributed by atoms with Crippen LogP contribution in [0.3, 0.4) is 0 Å². The van der Waals surface area contributed by atoms with Crippen molar-refractivity contribution in [3.05, 3.63) is 94.1 Å². The third kappa shape index (κ3) is 60.3. The molecule has 0 radical (unpaired) electrons. The van der Waals surface area contributed by atoms with E-state index in [2.05, 4.69) is 96.9 Å². The maximum absolute atomic E-state index is 13.5. The molecule has 2 aromatic rings. The van der Waals surface area contributed by atoms with Crippen LogP contribution in [0.5, 0.6) is 0 Å². The number of ether oxygens (including phenoxy) is 3. The molecule has 4 N–H and O–H groups in total. The second-order valence-corrected chi connectivity index (χ2v) is 36.1. The third-order valence-electron chi connectivity index (χ3n) is 22.6. The number of amides is 2. The summed E-state index contributed by atoms with van der Waals surface area (Å²) >= 11 is 2.67. The summed E-state index contributed by atoms with van der Waals surface area (Å²) in [6, 6.07) is 3.08. The zero-order valence-electron chi connectivity index (χ0n) is 75.1. The van der Waals surface area contributed by atoms with E-state index in [9.17, 15) is 48.6 Å². The Morgan fingerprint density at radius 1 is 0.408 bits per heavy atom. The van der Waals surface area contributed by atoms with Crippen molar-refractivity contribution in [2.45, 2.75) is 448 Å². The summed E-state index contributed by atoms with van der Waals surface area (Å²) in [6.45, 7) is 9.36. The molecule has 2 fully saturated rings. The van der Waals surface area contributed by atoms with Crippen molar-refractivity contribution in [2.75, 3.05) is 43.7 Å². The van der Waals surface area contributed by atoms with Crippen molar-refractivity contribution in [3.8, 4) is 0 Å². The monoisotopic (exact) mass is 1720 g/mol. The fourth-order valence-electron chi connectivity index (χ4n) is 15.1. The van der Waals surface area contributed by atoms with Gasteiger partial charge in [0.25, 0.3) is 0 Å². The molecule has 0 aliphatic carbocycles. The molecule has 2 saturated heterocycles. The lowest BCUT2D eigenvalue weighted by Crippen LogP contribution is -2.30. The number of aliphatic hydroxyl groups excluding tert-OH is 2. The molecule has 4 heterocycles. The molecule has 19 nitrogen and oxygen atoms in total. The molecule has 21 heteroatoms. The van der Waals surface area contributed by atoms with E-state index >= 15 is 0 Å². The van der Waals surface area contributed by atoms with Crippen LogP contribution in [-0.2, 0) is 38.2 Å². The topological polar surface area (TPSA) is 264 Å². The van der Waals surface area contributed by atoms with Crippen LogP contribution >= 0.6 is 23.5 Å². The number of thioether (sulfide) groups is 2. The van der Waals surface area contributed by atoms with Gasteiger partial charge in [-0.15, -0.1) is 23.5 Å². The van der Waals surface area contributed by atoms with E-state index in [0.29, 0.717) is 57.8 Å². The van der Waals surface area contributed by atoms with E-state index < -0.39 is 34.7 Å². The summed E-state index contributed by atoms with van der Waals surface area (Å²) in [7, 11) is 0. The summed E-state index contributed by atoms with van der Waals surface area (Å²) in [5, 5.41) is 23.3. The number of ketones is 4. The van der Waals surface area contributed by atoms with E-state index in [1.54, 1.807) is 12.3 Å². The highest BCUT2D eigenvalue weighted by Gasteiger charge is 2.30. The number of nitrogens with one attached hydrogen (secondary N) is 2. The number of allylic oxidation sites excluding steroid dienone is 8. The van der Waals surface area contributed by atoms with Crippen molar-refractivity contribution < 1.29 is 53.2 Å². The second kappa shape index (κ2) is 78.4. The average molecular weight is 1720 g/mol. The molecule has 686 valence electrons. The van der Waals surface area contributed by atoms with Gasteiger partial charge in [-0.3, -0.25) is 38.4 Å². The zero-order valence-corrected chi connectivity index (χ0v) is 76.7. The van der Waals surface area contributed by atoms with E-state index in [1.165, 1.54) is 244 Å². The molecule has 120 heavy (non-hydrogen) atoms. The minimum Gasteiger partial charge on any atom is -0.449 e. The van der Waals surface area contributed by atoms with Crippen LogP contribution < -0.4 is 22.0 Å². The summed E-state index contributed by atoms with van der Waals surface area (Å²) in [4.78, 5) is 112. The Balaban J connectivity index is 0.000000808. The van der Waals surface area contributed by atoms with Gasteiger partial charge in [-0.25, -0.2) is 14.4 Å². The minimum absolute atomic E-state index is 0. The molecular weight excluding hydrogens is 1550 g/mol. The summed E-state index contributed by atoms with van der Waals surface area (Å²) in [6.07, 6.45) is 85.7. The van der Waals surface area contributed by atoms with Gasteiger partial charge in [0.05, 0.1) is 33.0 Å². The predicted octanol–water partition coefficient (Wildman–Crippen LogP) is 26.4. The van der Waals surface area contributed by atoms with Crippen LogP contribution in [0.2, 0.25) is 0 Å². The first-order valence-corrected chi connectivity index (χ1v) is 50.0. The second-order valence-electron chi connectivity index (χ2n) is 33.4. The summed E-state index contributed by atoms with van der Waals surface area (Å²) in [5.41, 5.74) is -1.86. The maximum Gasteiger partial charge on any atom is 0.412 e. The standard InChI is InChI=1S/C50H85N3O7S.C48H81N3O6S.CH4/c1-3-5-7-9-11-13-15-17-19-21-22-24-26-28-30-32-44(55)35-34-43(40-45(56)33-31-29-27-25-23-20-18-16-14-12-10-8-6-4-2)37-39-59-50(58)52-46-36-38-53(49(57)51-46)47-42-60-48(41-54)61-47;1-3-5-7-9-11-13-15-17-19-21-22-24-26-28-30-32-42(53)35-34-41(38-43(54)33-31-29-27-25-23-20-18-16-14-12-10-8-6-4-2)47(55)49-44-36-37-51(48(56)50-44)45-40-57-46(39-52)58-45;/h17-20,36,38,43,47-48,54H,3-16,21-35,37,39-42H2,1-2H3,(H,51,52,57,58);17-20,36-37,41,45-46,52H,3-16,21-35,38-40H2,1-2H3,(H,49,50,55,56);1H4/b2*19-17+,20-18+;. The van der Waals surface area contributed by atoms with Crippen molar-refractivity contribution in [1.82, 2.24) is 19.1 Å². The Bertz CT molecular complexity index is 3160. The first-order chi connectivity index (χ1) is 58.2. The van der Waals surface area contributed by atoms with Crippen molar-refractivity contribution in [2.24, 2.45) is 11.8 Å². The van der Waals surface area contributed by atoms with Crippen molar-refractivity contribution >= 4 is 70.3 Å². The molecule has 6 atom stereocenters. The quantitative estimate of drug-likeness (QED) is 0.0354. The Hall–Kier alpha value is -5.32. The fourth-order valence-corrected chi connectivity index (χ4v) is 17.2. The lowest BCUT2D eigenvalue weighted by molar-refractivity contribution is -0.127. The minimum atomic E-state index is -0.730. The highest BCUT2D eigenvalue weighted by molar-refractivity contribution is 8.00. The smallest absolute Gasteiger partial charge is 0.412 e. The number of aromatic nitrogens is 4. The normalized spacial score (nSPS) is 15.8. The number of hydrogen-bond donors (Lipinski definition) is 4. The predicted molar refractivity (Wildman–Crippen MR) is 502 cm³/mol. The molecule has 2 aromatic heterocycles. The Kier molecular flexibility index (Phi) is 72.4. The van der Waals surface area contributed by atoms with Crippen molar-refractivity contribution in [1.29, 1.82) is 0 Å². The zero-order chi connectivity index (χ0) is 85.9. The van der Waals surface area contributed by atoms with E-state index in [1.807, 2.05) is 0 Å². The van der Waals surface area contributed by atoms with Crippen LogP contribution in [0.25, 0.3) is 0 Å². The lowest BCUT2D eigenvalue weighted by Gasteiger charge is -2.17. The molecule has 2 aliphatic rings. The number of anilines is 2. The Morgan fingerprint density at radius 2 is 0.708 bits per heavy atom. The van der Waals surface area contributed by atoms with Crippen LogP contribution in [0.4, 0.5) is 16.4 Å². The number of Topliss-reactive ketones (excluding diaryl/α,β-unsaturated/α-hetero) is 4. The Morgan fingerprint density at radius 3 is 1.03 bits per heavy atom.